The first-order valence-corrected chi connectivity index (χ1v) is 11.0. The van der Waals surface area contributed by atoms with E-state index in [9.17, 15) is 9.59 Å². The van der Waals surface area contributed by atoms with Crippen LogP contribution in [0.2, 0.25) is 0 Å². The number of anilines is 1. The molecule has 6 nitrogen and oxygen atoms in total. The predicted molar refractivity (Wildman–Crippen MR) is 119 cm³/mol. The molecule has 2 amide bonds. The van der Waals surface area contributed by atoms with Crippen LogP contribution < -0.4 is 14.8 Å². The zero-order chi connectivity index (χ0) is 21.2. The van der Waals surface area contributed by atoms with Gasteiger partial charge in [0, 0.05) is 23.9 Å². The molecule has 0 radical (unpaired) electrons. The van der Waals surface area contributed by atoms with Crippen LogP contribution in [-0.2, 0) is 11.3 Å². The van der Waals surface area contributed by atoms with Crippen LogP contribution in [-0.4, -0.2) is 29.3 Å². The molecule has 1 fully saturated rings. The molecule has 2 aliphatic rings. The molecule has 3 aromatic carbocycles. The molecule has 156 valence electrons. The molecule has 1 saturated heterocycles. The number of hydrogen-bond acceptors (Lipinski definition) is 5. The van der Waals surface area contributed by atoms with E-state index in [1.54, 1.807) is 42.1 Å². The minimum atomic E-state index is -0.207. The normalized spacial score (nSPS) is 17.1. The summed E-state index contributed by atoms with van der Waals surface area (Å²) in [5.74, 6) is 1.68. The van der Waals surface area contributed by atoms with Gasteiger partial charge in [0.1, 0.15) is 5.37 Å². The number of carbonyl (C=O) groups excluding carboxylic acids is 2. The van der Waals surface area contributed by atoms with E-state index in [0.29, 0.717) is 35.0 Å². The fraction of sp³-hybridized carbons (Fsp3) is 0.167. The standard InChI is InChI=1S/C24H20N2O4S/c27-22-14-31-24(26(22)13-16-4-2-1-3-5-16)18-8-6-17(7-9-18)23(28)25-19-10-11-20-21(12-19)30-15-29-20/h1-12,24H,13-15H2,(H,25,28)/t24-/m1/s1. The molecule has 3 aromatic rings. The van der Waals surface area contributed by atoms with Crippen molar-refractivity contribution in [2.45, 2.75) is 11.9 Å². The highest BCUT2D eigenvalue weighted by atomic mass is 32.2. The van der Waals surface area contributed by atoms with Gasteiger partial charge in [-0.05, 0) is 35.4 Å². The first kappa shape index (κ1) is 19.5. The maximum Gasteiger partial charge on any atom is 0.255 e. The first-order chi connectivity index (χ1) is 15.2. The van der Waals surface area contributed by atoms with Gasteiger partial charge in [-0.1, -0.05) is 42.5 Å². The molecule has 0 saturated carbocycles. The summed E-state index contributed by atoms with van der Waals surface area (Å²) in [5, 5.41) is 2.82. The summed E-state index contributed by atoms with van der Waals surface area (Å²) in [5.41, 5.74) is 3.30. The molecule has 2 heterocycles. The topological polar surface area (TPSA) is 67.9 Å². The van der Waals surface area contributed by atoms with Crippen LogP contribution in [0.5, 0.6) is 11.5 Å². The molecule has 0 spiro atoms. The van der Waals surface area contributed by atoms with Crippen molar-refractivity contribution in [2.75, 3.05) is 17.9 Å². The second-order valence-corrected chi connectivity index (χ2v) is 8.38. The van der Waals surface area contributed by atoms with E-state index in [-0.39, 0.29) is 24.0 Å². The summed E-state index contributed by atoms with van der Waals surface area (Å²) in [6.45, 7) is 0.765. The lowest BCUT2D eigenvalue weighted by Crippen LogP contribution is -2.27. The van der Waals surface area contributed by atoms with Gasteiger partial charge in [0.15, 0.2) is 11.5 Å². The Hall–Kier alpha value is -3.45. The Morgan fingerprint density at radius 1 is 1.00 bits per heavy atom. The SMILES string of the molecule is O=C(Nc1ccc2c(c1)OCO2)c1ccc([C@H]2SCC(=O)N2Cc2ccccc2)cc1. The van der Waals surface area contributed by atoms with Crippen LogP contribution in [0.4, 0.5) is 5.69 Å². The average molecular weight is 433 g/mol. The Balaban J connectivity index is 1.28. The van der Waals surface area contributed by atoms with Crippen molar-refractivity contribution in [2.24, 2.45) is 0 Å². The van der Waals surface area contributed by atoms with E-state index in [4.69, 9.17) is 9.47 Å². The highest BCUT2D eigenvalue weighted by molar-refractivity contribution is 8.00. The van der Waals surface area contributed by atoms with Gasteiger partial charge in [-0.15, -0.1) is 11.8 Å². The third kappa shape index (κ3) is 4.09. The van der Waals surface area contributed by atoms with Crippen molar-refractivity contribution in [3.05, 3.63) is 89.5 Å². The van der Waals surface area contributed by atoms with Crippen molar-refractivity contribution < 1.29 is 19.1 Å². The summed E-state index contributed by atoms with van der Waals surface area (Å²) in [7, 11) is 0. The number of benzene rings is 3. The lowest BCUT2D eigenvalue weighted by molar-refractivity contribution is -0.128. The number of thioether (sulfide) groups is 1. The molecule has 31 heavy (non-hydrogen) atoms. The molecule has 0 unspecified atom stereocenters. The molecule has 1 N–H and O–H groups in total. The first-order valence-electron chi connectivity index (χ1n) is 9.93. The van der Waals surface area contributed by atoms with Crippen LogP contribution in [0.25, 0.3) is 0 Å². The molecule has 1 atom stereocenters. The smallest absolute Gasteiger partial charge is 0.255 e. The molecule has 0 bridgehead atoms. The fourth-order valence-electron chi connectivity index (χ4n) is 3.66. The van der Waals surface area contributed by atoms with E-state index in [0.717, 1.165) is 11.1 Å². The molecular weight excluding hydrogens is 412 g/mol. The van der Waals surface area contributed by atoms with Gasteiger partial charge < -0.3 is 19.7 Å². The molecular formula is C24H20N2O4S. The fourth-order valence-corrected chi connectivity index (χ4v) is 4.85. The summed E-state index contributed by atoms with van der Waals surface area (Å²) >= 11 is 1.61. The lowest BCUT2D eigenvalue weighted by Gasteiger charge is -2.24. The zero-order valence-corrected chi connectivity index (χ0v) is 17.4. The van der Waals surface area contributed by atoms with Gasteiger partial charge in [0.25, 0.3) is 5.91 Å². The zero-order valence-electron chi connectivity index (χ0n) is 16.6. The Morgan fingerprint density at radius 3 is 2.58 bits per heavy atom. The Labute approximate surface area is 184 Å². The number of nitrogens with one attached hydrogen (secondary N) is 1. The quantitative estimate of drug-likeness (QED) is 0.646. The molecule has 5 rings (SSSR count). The summed E-state index contributed by atoms with van der Waals surface area (Å²) < 4.78 is 10.6. The van der Waals surface area contributed by atoms with Crippen molar-refractivity contribution in [1.29, 1.82) is 0 Å². The number of carbonyl (C=O) groups is 2. The monoisotopic (exact) mass is 432 g/mol. The van der Waals surface area contributed by atoms with Crippen LogP contribution in [0, 0.1) is 0 Å². The van der Waals surface area contributed by atoms with E-state index in [1.165, 1.54) is 0 Å². The molecule has 7 heteroatoms. The van der Waals surface area contributed by atoms with Crippen molar-refractivity contribution in [3.8, 4) is 11.5 Å². The number of hydrogen-bond donors (Lipinski definition) is 1. The number of amides is 2. The Morgan fingerprint density at radius 2 is 1.77 bits per heavy atom. The van der Waals surface area contributed by atoms with Gasteiger partial charge in [-0.2, -0.15) is 0 Å². The van der Waals surface area contributed by atoms with Crippen LogP contribution in [0.15, 0.2) is 72.8 Å². The number of rotatable bonds is 5. The van der Waals surface area contributed by atoms with Crippen LogP contribution in [0.3, 0.4) is 0 Å². The van der Waals surface area contributed by atoms with Gasteiger partial charge >= 0.3 is 0 Å². The van der Waals surface area contributed by atoms with Crippen molar-refractivity contribution in [1.82, 2.24) is 4.90 Å². The third-order valence-electron chi connectivity index (χ3n) is 5.25. The number of fused-ring (bicyclic) bond motifs is 1. The summed E-state index contributed by atoms with van der Waals surface area (Å²) in [6.07, 6.45) is 0. The second-order valence-electron chi connectivity index (χ2n) is 7.31. The Kier molecular flexibility index (Phi) is 5.26. The highest BCUT2D eigenvalue weighted by Gasteiger charge is 2.32. The maximum atomic E-state index is 12.7. The van der Waals surface area contributed by atoms with E-state index >= 15 is 0 Å². The van der Waals surface area contributed by atoms with Gasteiger partial charge in [-0.3, -0.25) is 9.59 Å². The average Bonchev–Trinajstić information content (AvgIpc) is 3.41. The van der Waals surface area contributed by atoms with E-state index in [2.05, 4.69) is 5.32 Å². The maximum absolute atomic E-state index is 12.7. The van der Waals surface area contributed by atoms with E-state index < -0.39 is 0 Å². The summed E-state index contributed by atoms with van der Waals surface area (Å²) in [6, 6.07) is 22.7. The molecule has 0 aliphatic carbocycles. The number of ether oxygens (including phenoxy) is 2. The van der Waals surface area contributed by atoms with Crippen LogP contribution >= 0.6 is 11.8 Å². The van der Waals surface area contributed by atoms with Gasteiger partial charge in [0.05, 0.1) is 5.75 Å². The van der Waals surface area contributed by atoms with E-state index in [1.807, 2.05) is 47.4 Å². The highest BCUT2D eigenvalue weighted by Crippen LogP contribution is 2.39. The summed E-state index contributed by atoms with van der Waals surface area (Å²) in [4.78, 5) is 27.0. The Bertz CT molecular complexity index is 1120. The van der Waals surface area contributed by atoms with Crippen molar-refractivity contribution in [3.63, 3.8) is 0 Å². The minimum absolute atomic E-state index is 0.0568. The van der Waals surface area contributed by atoms with Crippen molar-refractivity contribution >= 4 is 29.3 Å². The van der Waals surface area contributed by atoms with Gasteiger partial charge in [0.2, 0.25) is 12.7 Å². The third-order valence-corrected chi connectivity index (χ3v) is 6.51. The number of nitrogens with zero attached hydrogens (tertiary/aromatic N) is 1. The minimum Gasteiger partial charge on any atom is -0.454 e. The molecule has 2 aliphatic heterocycles. The predicted octanol–water partition coefficient (Wildman–Crippen LogP) is 4.44. The lowest BCUT2D eigenvalue weighted by atomic mass is 10.1. The molecule has 0 aromatic heterocycles. The van der Waals surface area contributed by atoms with Crippen LogP contribution in [0.1, 0.15) is 26.9 Å². The largest absolute Gasteiger partial charge is 0.454 e. The second kappa shape index (κ2) is 8.35. The van der Waals surface area contributed by atoms with Gasteiger partial charge in [-0.25, -0.2) is 0 Å².